The van der Waals surface area contributed by atoms with Crippen LogP contribution in [-0.2, 0) is 35.1 Å². The molecule has 4 N–H and O–H groups in total. The van der Waals surface area contributed by atoms with Crippen molar-refractivity contribution in [1.82, 2.24) is 14.5 Å². The fourth-order valence-electron chi connectivity index (χ4n) is 4.90. The van der Waals surface area contributed by atoms with Crippen LogP contribution in [0.15, 0.2) is 35.4 Å². The van der Waals surface area contributed by atoms with Crippen LogP contribution in [-0.4, -0.2) is 62.5 Å². The van der Waals surface area contributed by atoms with E-state index in [-0.39, 0.29) is 28.4 Å². The number of nitro groups is 1. The number of rotatable bonds is 9. The summed E-state index contributed by atoms with van der Waals surface area (Å²) in [5, 5.41) is 11.7. The van der Waals surface area contributed by atoms with Crippen molar-refractivity contribution in [2.24, 2.45) is 12.5 Å². The van der Waals surface area contributed by atoms with Gasteiger partial charge in [-0.25, -0.2) is 9.36 Å². The topological polar surface area (TPSA) is 247 Å². The van der Waals surface area contributed by atoms with Crippen molar-refractivity contribution in [3.8, 4) is 0 Å². The van der Waals surface area contributed by atoms with E-state index in [9.17, 15) is 34.1 Å². The van der Waals surface area contributed by atoms with E-state index in [0.29, 0.717) is 0 Å². The highest BCUT2D eigenvalue weighted by atomic mass is 31.2. The highest BCUT2D eigenvalue weighted by molar-refractivity contribution is 7.44. The van der Waals surface area contributed by atoms with Gasteiger partial charge in [-0.15, -0.1) is 0 Å². The number of nitrogen functional groups attached to an aromatic ring is 1. The molecule has 234 valence electrons. The third kappa shape index (κ3) is 6.84. The Morgan fingerprint density at radius 3 is 2.63 bits per heavy atom. The van der Waals surface area contributed by atoms with Crippen molar-refractivity contribution in [3.63, 3.8) is 0 Å². The van der Waals surface area contributed by atoms with Crippen molar-refractivity contribution in [2.45, 2.75) is 51.4 Å². The SMILES string of the molecule is COC1[C@@H](OC(=O)OC(c2ccccc2[N+](=O)[O-])C(C)(C)C)[C@@H](COP(=O)([O-])O)O[C@H]1[n+]1cn(C)c2c(=O)[nH]c(N)nc21. The molecule has 1 aliphatic rings. The van der Waals surface area contributed by atoms with E-state index in [0.717, 1.165) is 0 Å². The Kier molecular flexibility index (Phi) is 8.92. The van der Waals surface area contributed by atoms with Gasteiger partial charge in [0.05, 0.1) is 24.1 Å². The first kappa shape index (κ1) is 32.0. The number of nitrogens with zero attached hydrogens (tertiary/aromatic N) is 4. The largest absolute Gasteiger partial charge is 0.756 e. The Hall–Kier alpha value is -3.93. The number of ether oxygens (including phenoxy) is 4. The molecule has 1 saturated heterocycles. The molecule has 43 heavy (non-hydrogen) atoms. The monoisotopic (exact) mass is 626 g/mol. The van der Waals surface area contributed by atoms with Gasteiger partial charge in [-0.3, -0.25) is 29.0 Å². The average Bonchev–Trinajstić information content (AvgIpc) is 3.41. The molecule has 3 heterocycles. The number of aryl methyl sites for hydroxylation is 1. The van der Waals surface area contributed by atoms with E-state index in [2.05, 4.69) is 14.5 Å². The minimum atomic E-state index is -5.24. The summed E-state index contributed by atoms with van der Waals surface area (Å²) in [5.74, 6) is -0.198. The first-order chi connectivity index (χ1) is 20.0. The van der Waals surface area contributed by atoms with E-state index in [4.69, 9.17) is 24.7 Å². The predicted octanol–water partition coefficient (Wildman–Crippen LogP) is 0.738. The fourth-order valence-corrected chi connectivity index (χ4v) is 5.23. The summed E-state index contributed by atoms with van der Waals surface area (Å²) >= 11 is 0. The first-order valence-corrected chi connectivity index (χ1v) is 14.2. The molecule has 0 radical (unpaired) electrons. The maximum atomic E-state index is 13.3. The fraction of sp³-hybridized carbons (Fsp3) is 0.500. The third-order valence-electron chi connectivity index (χ3n) is 6.67. The van der Waals surface area contributed by atoms with Gasteiger partial charge in [-0.1, -0.05) is 37.9 Å². The van der Waals surface area contributed by atoms with Gasteiger partial charge >= 0.3 is 11.8 Å². The van der Waals surface area contributed by atoms with Gasteiger partial charge in [-0.05, 0) is 6.07 Å². The van der Waals surface area contributed by atoms with Crippen molar-refractivity contribution < 1.29 is 52.1 Å². The molecule has 1 fully saturated rings. The molecule has 0 saturated carbocycles. The van der Waals surface area contributed by atoms with Gasteiger partial charge in [0, 0.05) is 18.6 Å². The summed E-state index contributed by atoms with van der Waals surface area (Å²) in [6.07, 6.45) is -6.14. The number of carbonyl (C=O) groups excluding carboxylic acids is 1. The molecule has 1 aromatic carbocycles. The summed E-state index contributed by atoms with van der Waals surface area (Å²) in [6, 6.07) is 5.76. The van der Waals surface area contributed by atoms with Crippen molar-refractivity contribution >= 4 is 36.8 Å². The number of phosphoric acid groups is 1. The third-order valence-corrected chi connectivity index (χ3v) is 7.15. The first-order valence-electron chi connectivity index (χ1n) is 12.7. The maximum Gasteiger partial charge on any atom is 0.509 e. The molecule has 3 unspecified atom stereocenters. The van der Waals surface area contributed by atoms with Gasteiger partial charge < -0.3 is 39.0 Å². The Balaban J connectivity index is 1.70. The van der Waals surface area contributed by atoms with E-state index < -0.39 is 67.1 Å². The molecular formula is C24H31N6O12P. The molecular weight excluding hydrogens is 595 g/mol. The number of benzene rings is 1. The summed E-state index contributed by atoms with van der Waals surface area (Å²) in [6.45, 7) is 4.31. The lowest BCUT2D eigenvalue weighted by atomic mass is 9.84. The number of hydrogen-bond acceptors (Lipinski definition) is 13. The lowest BCUT2D eigenvalue weighted by Gasteiger charge is -2.31. The normalized spacial score (nSPS) is 22.7. The molecule has 0 aliphatic carbocycles. The average molecular weight is 627 g/mol. The lowest BCUT2D eigenvalue weighted by Crippen LogP contribution is -2.48. The zero-order chi connectivity index (χ0) is 31.9. The maximum absolute atomic E-state index is 13.3. The van der Waals surface area contributed by atoms with Gasteiger partial charge in [0.25, 0.3) is 25.0 Å². The zero-order valence-corrected chi connectivity index (χ0v) is 24.6. The van der Waals surface area contributed by atoms with Gasteiger partial charge in [0.2, 0.25) is 11.7 Å². The second-order valence-corrected chi connectivity index (χ2v) is 12.0. The minimum Gasteiger partial charge on any atom is -0.756 e. The Morgan fingerprint density at radius 1 is 1.35 bits per heavy atom. The van der Waals surface area contributed by atoms with Crippen LogP contribution < -0.4 is 20.8 Å². The van der Waals surface area contributed by atoms with Crippen molar-refractivity contribution in [3.05, 3.63) is 56.6 Å². The smallest absolute Gasteiger partial charge is 0.509 e. The molecule has 4 rings (SSSR count). The number of nitrogens with two attached hydrogens (primary N) is 1. The summed E-state index contributed by atoms with van der Waals surface area (Å²) in [5.41, 5.74) is 4.37. The van der Waals surface area contributed by atoms with Crippen LogP contribution in [0.25, 0.3) is 11.2 Å². The second-order valence-electron chi connectivity index (χ2n) is 10.8. The number of phosphoric ester groups is 1. The molecule has 18 nitrogen and oxygen atoms in total. The number of para-hydroxylation sites is 1. The van der Waals surface area contributed by atoms with Crippen LogP contribution in [0.2, 0.25) is 0 Å². The molecule has 1 aliphatic heterocycles. The van der Waals surface area contributed by atoms with Crippen LogP contribution >= 0.6 is 7.82 Å². The van der Waals surface area contributed by atoms with E-state index in [1.54, 1.807) is 33.9 Å². The van der Waals surface area contributed by atoms with Crippen molar-refractivity contribution in [2.75, 3.05) is 19.5 Å². The number of aromatic amines is 1. The second kappa shape index (κ2) is 12.0. The molecule has 0 amide bonds. The van der Waals surface area contributed by atoms with Crippen LogP contribution in [0.5, 0.6) is 0 Å². The number of anilines is 1. The Labute approximate surface area is 243 Å². The summed E-state index contributed by atoms with van der Waals surface area (Å²) < 4.78 is 41.5. The predicted molar refractivity (Wildman–Crippen MR) is 143 cm³/mol. The number of imidazole rings is 1. The van der Waals surface area contributed by atoms with Crippen LogP contribution in [0.3, 0.4) is 0 Å². The van der Waals surface area contributed by atoms with Gasteiger partial charge in [-0.2, -0.15) is 0 Å². The number of aromatic nitrogens is 4. The number of hydrogen-bond donors (Lipinski definition) is 3. The number of H-pyrrole nitrogens is 1. The van der Waals surface area contributed by atoms with Crippen molar-refractivity contribution in [1.29, 1.82) is 0 Å². The zero-order valence-electron chi connectivity index (χ0n) is 23.7. The number of carbonyl (C=O) groups is 1. The molecule has 19 heteroatoms. The van der Waals surface area contributed by atoms with Crippen LogP contribution in [0.1, 0.15) is 38.7 Å². The number of nitrogens with one attached hydrogen (secondary N) is 1. The van der Waals surface area contributed by atoms with Crippen LogP contribution in [0, 0.1) is 15.5 Å². The van der Waals surface area contributed by atoms with Gasteiger partial charge in [0.15, 0.2) is 18.5 Å². The summed E-state index contributed by atoms with van der Waals surface area (Å²) in [7, 11) is -2.41. The Bertz CT molecular complexity index is 1630. The van der Waals surface area contributed by atoms with E-state index >= 15 is 0 Å². The molecule has 3 aromatic rings. The molecule has 6 atom stereocenters. The minimum absolute atomic E-state index is 0.0690. The quantitative estimate of drug-likeness (QED) is 0.0975. The van der Waals surface area contributed by atoms with E-state index in [1.807, 2.05) is 0 Å². The molecule has 0 spiro atoms. The number of nitro benzene ring substituents is 1. The van der Waals surface area contributed by atoms with Crippen LogP contribution in [0.4, 0.5) is 16.4 Å². The highest BCUT2D eigenvalue weighted by Crippen LogP contribution is 2.41. The molecule has 2 aromatic heterocycles. The molecule has 0 bridgehead atoms. The van der Waals surface area contributed by atoms with E-state index in [1.165, 1.54) is 40.8 Å². The Morgan fingerprint density at radius 2 is 2.02 bits per heavy atom. The lowest BCUT2D eigenvalue weighted by molar-refractivity contribution is -0.746. The van der Waals surface area contributed by atoms with Gasteiger partial charge in [0.1, 0.15) is 12.2 Å². The summed E-state index contributed by atoms with van der Waals surface area (Å²) in [4.78, 5) is 64.0. The number of methoxy groups -OCH3 is 1. The standard InChI is InChI=1S/C24H31N6O12P/c1-24(2,3)18(12-8-6-7-9-13(12)30(33)34)42-23(32)41-16-14(10-39-43(35,36)37)40-21(17(16)38-5)29-11-28(4)15-19(29)26-22(25)27-20(15)31/h6-9,11,14,16-18,21H,10H2,1-5H3,(H4-,25,26,27,31,35,36,37)/t14-,16+,17?,18?,21-/m1/s1. The highest BCUT2D eigenvalue weighted by Gasteiger charge is 2.52. The number of fused-ring (bicyclic) bond motifs is 1.